The molecule has 4 N–H and O–H groups in total. The number of nitrogens with zero attached hydrogens (tertiary/aromatic N) is 2. The number of carbonyl (C=O) groups is 1. The number of para-hydroxylation sites is 1. The highest BCUT2D eigenvalue weighted by atomic mass is 32.2. The van der Waals surface area contributed by atoms with Crippen LogP contribution in [0.5, 0.6) is 0 Å². The van der Waals surface area contributed by atoms with Crippen LogP contribution in [0.1, 0.15) is 12.2 Å². The van der Waals surface area contributed by atoms with Gasteiger partial charge in [0, 0.05) is 13.1 Å². The number of likely N-dealkylation sites (tertiary alicyclic amines) is 1. The van der Waals surface area contributed by atoms with Crippen LogP contribution in [0, 0.1) is 5.92 Å². The Morgan fingerprint density at radius 1 is 1.40 bits per heavy atom. The molecule has 1 aromatic heterocycles. The minimum atomic E-state index is -3.55. The van der Waals surface area contributed by atoms with Gasteiger partial charge in [-0.2, -0.15) is 0 Å². The van der Waals surface area contributed by atoms with E-state index in [-0.39, 0.29) is 29.8 Å². The van der Waals surface area contributed by atoms with Crippen molar-refractivity contribution in [2.75, 3.05) is 18.8 Å². The fourth-order valence-electron chi connectivity index (χ4n) is 2.97. The first-order valence-corrected chi connectivity index (χ1v) is 9.54. The van der Waals surface area contributed by atoms with Crippen LogP contribution in [0.25, 0.3) is 10.9 Å². The molecule has 0 bridgehead atoms. The molecule has 0 radical (unpaired) electrons. The van der Waals surface area contributed by atoms with Gasteiger partial charge in [-0.05, 0) is 24.5 Å². The molecule has 10 heteroatoms. The largest absolute Gasteiger partial charge is 0.331 e. The second-order valence-electron chi connectivity index (χ2n) is 6.12. The zero-order chi connectivity index (χ0) is 18.0. The lowest BCUT2D eigenvalue weighted by Crippen LogP contribution is -2.39. The molecular weight excluding hydrogens is 346 g/mol. The van der Waals surface area contributed by atoms with E-state index in [0.717, 1.165) is 0 Å². The van der Waals surface area contributed by atoms with Crippen molar-refractivity contribution in [2.45, 2.75) is 13.0 Å². The summed E-state index contributed by atoms with van der Waals surface area (Å²) in [6, 6.07) is 6.62. The number of amides is 2. The van der Waals surface area contributed by atoms with E-state index < -0.39 is 10.0 Å². The molecule has 0 saturated carbocycles. The number of H-pyrrole nitrogens is 1. The normalized spacial score (nSPS) is 17.8. The first kappa shape index (κ1) is 17.4. The molecule has 9 nitrogen and oxygen atoms in total. The van der Waals surface area contributed by atoms with E-state index in [1.54, 1.807) is 24.3 Å². The molecule has 1 aromatic carbocycles. The molecule has 2 amide bonds. The third-order valence-electron chi connectivity index (χ3n) is 4.11. The molecule has 2 aromatic rings. The number of primary sulfonamides is 1. The highest BCUT2D eigenvalue weighted by Crippen LogP contribution is 2.17. The molecule has 134 valence electrons. The fraction of sp³-hybridized carbons (Fsp3) is 0.400. The van der Waals surface area contributed by atoms with Crippen molar-refractivity contribution >= 4 is 27.0 Å². The van der Waals surface area contributed by atoms with Gasteiger partial charge in [0.1, 0.15) is 5.82 Å². The lowest BCUT2D eigenvalue weighted by atomic mass is 10.2. The van der Waals surface area contributed by atoms with Gasteiger partial charge in [-0.3, -0.25) is 4.79 Å². The summed E-state index contributed by atoms with van der Waals surface area (Å²) in [5.74, 6) is 0.0766. The van der Waals surface area contributed by atoms with Crippen molar-refractivity contribution in [3.8, 4) is 0 Å². The standard InChI is InChI=1S/C15H19N5O4S/c16-25(23,24)9-10-5-6-20(8-10)15(22)17-7-13-18-12-4-2-1-3-11(12)14(21)19-13/h1-4,10H,5-9H2,(H,17,22)(H2,16,23,24)(H,18,19,21). The number of rotatable bonds is 4. The molecule has 0 spiro atoms. The van der Waals surface area contributed by atoms with Gasteiger partial charge >= 0.3 is 6.03 Å². The van der Waals surface area contributed by atoms with Crippen LogP contribution in [-0.4, -0.2) is 48.2 Å². The van der Waals surface area contributed by atoms with Gasteiger partial charge in [0.25, 0.3) is 5.56 Å². The van der Waals surface area contributed by atoms with Crippen molar-refractivity contribution in [1.29, 1.82) is 0 Å². The van der Waals surface area contributed by atoms with E-state index in [1.165, 1.54) is 4.90 Å². The average Bonchev–Trinajstić information content (AvgIpc) is 2.99. The minimum Gasteiger partial charge on any atom is -0.331 e. The number of urea groups is 1. The Bertz CT molecular complexity index is 956. The van der Waals surface area contributed by atoms with Crippen molar-refractivity contribution in [3.05, 3.63) is 40.4 Å². The van der Waals surface area contributed by atoms with Crippen LogP contribution < -0.4 is 16.0 Å². The molecule has 1 fully saturated rings. The highest BCUT2D eigenvalue weighted by molar-refractivity contribution is 7.89. The minimum absolute atomic E-state index is 0.0786. The second-order valence-corrected chi connectivity index (χ2v) is 7.78. The molecule has 1 aliphatic rings. The smallest absolute Gasteiger partial charge is 0.317 e. The second kappa shape index (κ2) is 6.81. The van der Waals surface area contributed by atoms with Gasteiger partial charge in [0.15, 0.2) is 0 Å². The number of carbonyl (C=O) groups excluding carboxylic acids is 1. The van der Waals surface area contributed by atoms with Crippen LogP contribution in [0.3, 0.4) is 0 Å². The molecule has 1 atom stereocenters. The first-order valence-electron chi connectivity index (χ1n) is 7.83. The van der Waals surface area contributed by atoms with E-state index in [1.807, 2.05) is 0 Å². The molecule has 2 heterocycles. The summed E-state index contributed by atoms with van der Waals surface area (Å²) in [5, 5.41) is 8.22. The number of sulfonamides is 1. The maximum absolute atomic E-state index is 12.2. The predicted octanol–water partition coefficient (Wildman–Crippen LogP) is -0.257. The lowest BCUT2D eigenvalue weighted by Gasteiger charge is -2.17. The van der Waals surface area contributed by atoms with Gasteiger partial charge < -0.3 is 15.2 Å². The van der Waals surface area contributed by atoms with Crippen molar-refractivity contribution in [2.24, 2.45) is 11.1 Å². The Balaban J connectivity index is 1.61. The summed E-state index contributed by atoms with van der Waals surface area (Å²) in [6.45, 7) is 0.882. The molecular formula is C15H19N5O4S. The van der Waals surface area contributed by atoms with E-state index in [0.29, 0.717) is 36.2 Å². The summed E-state index contributed by atoms with van der Waals surface area (Å²) < 4.78 is 22.3. The number of fused-ring (bicyclic) bond motifs is 1. The predicted molar refractivity (Wildman–Crippen MR) is 92.3 cm³/mol. The van der Waals surface area contributed by atoms with Crippen LogP contribution in [0.15, 0.2) is 29.1 Å². The average molecular weight is 365 g/mol. The summed E-state index contributed by atoms with van der Waals surface area (Å²) >= 11 is 0. The van der Waals surface area contributed by atoms with Gasteiger partial charge in [-0.15, -0.1) is 0 Å². The lowest BCUT2D eigenvalue weighted by molar-refractivity contribution is 0.206. The molecule has 1 unspecified atom stereocenters. The van der Waals surface area contributed by atoms with Gasteiger partial charge in [-0.1, -0.05) is 12.1 Å². The monoisotopic (exact) mass is 365 g/mol. The number of hydrogen-bond acceptors (Lipinski definition) is 5. The maximum atomic E-state index is 12.2. The quantitative estimate of drug-likeness (QED) is 0.685. The molecule has 25 heavy (non-hydrogen) atoms. The molecule has 1 aliphatic heterocycles. The number of nitrogens with two attached hydrogens (primary N) is 1. The molecule has 1 saturated heterocycles. The van der Waals surface area contributed by atoms with Crippen molar-refractivity contribution < 1.29 is 13.2 Å². The number of aromatic amines is 1. The Labute approximate surface area is 144 Å². The van der Waals surface area contributed by atoms with Crippen LogP contribution in [0.4, 0.5) is 4.79 Å². The van der Waals surface area contributed by atoms with Gasteiger partial charge in [0.05, 0.1) is 23.2 Å². The van der Waals surface area contributed by atoms with E-state index >= 15 is 0 Å². The molecule has 0 aliphatic carbocycles. The Hall–Kier alpha value is -2.46. The Morgan fingerprint density at radius 2 is 2.16 bits per heavy atom. The van der Waals surface area contributed by atoms with Crippen LogP contribution >= 0.6 is 0 Å². The van der Waals surface area contributed by atoms with Gasteiger partial charge in [0.2, 0.25) is 10.0 Å². The molecule has 3 rings (SSSR count). The zero-order valence-corrected chi connectivity index (χ0v) is 14.3. The highest BCUT2D eigenvalue weighted by Gasteiger charge is 2.28. The summed E-state index contributed by atoms with van der Waals surface area (Å²) in [6.07, 6.45) is 0.592. The number of aromatic nitrogens is 2. The number of nitrogens with one attached hydrogen (secondary N) is 2. The first-order chi connectivity index (χ1) is 11.8. The number of hydrogen-bond donors (Lipinski definition) is 3. The fourth-order valence-corrected chi connectivity index (χ4v) is 3.90. The summed E-state index contributed by atoms with van der Waals surface area (Å²) in [7, 11) is -3.55. The SMILES string of the molecule is NS(=O)(=O)CC1CCN(C(=O)NCc2nc3ccccc3c(=O)[nH]2)C1. The van der Waals surface area contributed by atoms with Crippen molar-refractivity contribution in [1.82, 2.24) is 20.2 Å². The third kappa shape index (κ3) is 4.34. The maximum Gasteiger partial charge on any atom is 0.317 e. The van der Waals surface area contributed by atoms with E-state index in [4.69, 9.17) is 5.14 Å². The van der Waals surface area contributed by atoms with Gasteiger partial charge in [-0.25, -0.2) is 23.3 Å². The third-order valence-corrected chi connectivity index (χ3v) is 5.05. The van der Waals surface area contributed by atoms with Crippen LogP contribution in [-0.2, 0) is 16.6 Å². The number of benzene rings is 1. The van der Waals surface area contributed by atoms with E-state index in [2.05, 4.69) is 15.3 Å². The van der Waals surface area contributed by atoms with Crippen LogP contribution in [0.2, 0.25) is 0 Å². The Morgan fingerprint density at radius 3 is 2.92 bits per heavy atom. The zero-order valence-electron chi connectivity index (χ0n) is 13.4. The van der Waals surface area contributed by atoms with Crippen molar-refractivity contribution in [3.63, 3.8) is 0 Å². The summed E-state index contributed by atoms with van der Waals surface area (Å²) in [5.41, 5.74) is 0.300. The Kier molecular flexibility index (Phi) is 4.73. The topological polar surface area (TPSA) is 138 Å². The van der Waals surface area contributed by atoms with E-state index in [9.17, 15) is 18.0 Å². The summed E-state index contributed by atoms with van der Waals surface area (Å²) in [4.78, 5) is 32.7.